The summed E-state index contributed by atoms with van der Waals surface area (Å²) in [6, 6.07) is 5.84. The Kier molecular flexibility index (Phi) is 7.38. The zero-order chi connectivity index (χ0) is 16.5. The van der Waals surface area contributed by atoms with E-state index in [9.17, 15) is 0 Å². The molecule has 1 aliphatic rings. The van der Waals surface area contributed by atoms with Gasteiger partial charge in [0.15, 0.2) is 16.6 Å². The minimum absolute atomic E-state index is 0.649. The summed E-state index contributed by atoms with van der Waals surface area (Å²) in [4.78, 5) is 1.56. The van der Waals surface area contributed by atoms with Crippen LogP contribution in [0.3, 0.4) is 0 Å². The number of quaternary nitrogens is 1. The van der Waals surface area contributed by atoms with Crippen molar-refractivity contribution in [3.05, 3.63) is 23.8 Å². The molecule has 0 aliphatic carbocycles. The number of hydrogen-bond donors (Lipinski definition) is 3. The summed E-state index contributed by atoms with van der Waals surface area (Å²) < 4.78 is 15.9. The average molecular weight is 340 g/mol. The summed E-state index contributed by atoms with van der Waals surface area (Å²) in [5.41, 5.74) is 1.09. The molecule has 1 aromatic rings. The van der Waals surface area contributed by atoms with Gasteiger partial charge >= 0.3 is 0 Å². The van der Waals surface area contributed by atoms with Crippen LogP contribution in [0.25, 0.3) is 0 Å². The lowest BCUT2D eigenvalue weighted by Crippen LogP contribution is -3.14. The van der Waals surface area contributed by atoms with Crippen molar-refractivity contribution in [2.75, 3.05) is 53.6 Å². The summed E-state index contributed by atoms with van der Waals surface area (Å²) in [5, 5.41) is 7.14. The number of benzene rings is 1. The molecular weight excluding hydrogens is 314 g/mol. The highest BCUT2D eigenvalue weighted by atomic mass is 32.1. The molecule has 128 valence electrons. The molecule has 2 rings (SSSR count). The van der Waals surface area contributed by atoms with E-state index < -0.39 is 0 Å². The molecule has 6 nitrogen and oxygen atoms in total. The summed E-state index contributed by atoms with van der Waals surface area (Å²) in [6.45, 7) is 6.45. The highest BCUT2D eigenvalue weighted by Crippen LogP contribution is 2.27. The fraction of sp³-hybridized carbons (Fsp3) is 0.562. The summed E-state index contributed by atoms with van der Waals surface area (Å²) >= 11 is 5.32. The molecule has 0 bridgehead atoms. The predicted octanol–water partition coefficient (Wildman–Crippen LogP) is -0.417. The van der Waals surface area contributed by atoms with Gasteiger partial charge in [0, 0.05) is 6.54 Å². The monoisotopic (exact) mass is 340 g/mol. The Bertz CT molecular complexity index is 507. The first-order valence-corrected chi connectivity index (χ1v) is 8.27. The van der Waals surface area contributed by atoms with E-state index in [-0.39, 0.29) is 0 Å². The van der Waals surface area contributed by atoms with E-state index in [2.05, 4.69) is 10.6 Å². The van der Waals surface area contributed by atoms with Crippen LogP contribution in [0.4, 0.5) is 0 Å². The molecule has 1 fully saturated rings. The second-order valence-corrected chi connectivity index (χ2v) is 5.82. The van der Waals surface area contributed by atoms with Crippen LogP contribution in [0.1, 0.15) is 5.56 Å². The molecule has 1 aliphatic heterocycles. The van der Waals surface area contributed by atoms with Gasteiger partial charge < -0.3 is 29.7 Å². The van der Waals surface area contributed by atoms with Crippen LogP contribution < -0.4 is 25.0 Å². The molecule has 3 N–H and O–H groups in total. The van der Waals surface area contributed by atoms with Gasteiger partial charge in [-0.1, -0.05) is 6.07 Å². The van der Waals surface area contributed by atoms with E-state index in [1.54, 1.807) is 19.1 Å². The second-order valence-electron chi connectivity index (χ2n) is 5.41. The maximum absolute atomic E-state index is 5.35. The van der Waals surface area contributed by atoms with Crippen LogP contribution in [0, 0.1) is 0 Å². The molecular formula is C16H26N3O3S+. The van der Waals surface area contributed by atoms with Crippen LogP contribution in [0.5, 0.6) is 11.5 Å². The third-order valence-electron chi connectivity index (χ3n) is 3.87. The highest BCUT2D eigenvalue weighted by molar-refractivity contribution is 7.80. The number of rotatable bonds is 7. The molecule has 1 aromatic carbocycles. The van der Waals surface area contributed by atoms with Gasteiger partial charge in [0.2, 0.25) is 0 Å². The normalized spacial score (nSPS) is 15.0. The Morgan fingerprint density at radius 2 is 1.91 bits per heavy atom. The van der Waals surface area contributed by atoms with Crippen molar-refractivity contribution in [1.82, 2.24) is 10.6 Å². The van der Waals surface area contributed by atoms with E-state index in [0.29, 0.717) is 11.7 Å². The molecule has 23 heavy (non-hydrogen) atoms. The second kappa shape index (κ2) is 9.54. The van der Waals surface area contributed by atoms with Gasteiger partial charge in [0.1, 0.15) is 13.1 Å². The van der Waals surface area contributed by atoms with Gasteiger partial charge in [-0.25, -0.2) is 0 Å². The zero-order valence-electron chi connectivity index (χ0n) is 13.8. The van der Waals surface area contributed by atoms with Gasteiger partial charge in [0.05, 0.1) is 40.5 Å². The van der Waals surface area contributed by atoms with Gasteiger partial charge in [-0.3, -0.25) is 0 Å². The molecule has 0 radical (unpaired) electrons. The van der Waals surface area contributed by atoms with E-state index in [1.807, 2.05) is 18.2 Å². The third kappa shape index (κ3) is 5.85. The number of ether oxygens (including phenoxy) is 3. The average Bonchev–Trinajstić information content (AvgIpc) is 2.60. The van der Waals surface area contributed by atoms with Crippen LogP contribution >= 0.6 is 12.2 Å². The van der Waals surface area contributed by atoms with Crippen LogP contribution in [0.2, 0.25) is 0 Å². The van der Waals surface area contributed by atoms with Crippen molar-refractivity contribution in [3.63, 3.8) is 0 Å². The molecule has 0 amide bonds. The lowest BCUT2D eigenvalue weighted by molar-refractivity contribution is -0.906. The number of morpholine rings is 1. The minimum Gasteiger partial charge on any atom is -0.493 e. The Morgan fingerprint density at radius 3 is 2.61 bits per heavy atom. The summed E-state index contributed by atoms with van der Waals surface area (Å²) in [7, 11) is 3.26. The molecule has 1 heterocycles. The van der Waals surface area contributed by atoms with E-state index in [1.165, 1.54) is 0 Å². The number of thiocarbonyl (C=S) groups is 1. The van der Waals surface area contributed by atoms with E-state index in [0.717, 1.165) is 56.5 Å². The predicted molar refractivity (Wildman–Crippen MR) is 93.4 cm³/mol. The lowest BCUT2D eigenvalue weighted by atomic mass is 10.2. The Labute approximate surface area is 143 Å². The first kappa shape index (κ1) is 17.8. The quantitative estimate of drug-likeness (QED) is 0.587. The Morgan fingerprint density at radius 1 is 1.17 bits per heavy atom. The molecule has 7 heteroatoms. The Hall–Kier alpha value is -1.57. The van der Waals surface area contributed by atoms with Crippen molar-refractivity contribution in [2.45, 2.75) is 6.54 Å². The van der Waals surface area contributed by atoms with Gasteiger partial charge in [-0.15, -0.1) is 0 Å². The van der Waals surface area contributed by atoms with E-state index >= 15 is 0 Å². The summed E-state index contributed by atoms with van der Waals surface area (Å²) in [6.07, 6.45) is 0. The number of nitrogens with one attached hydrogen (secondary N) is 3. The fourth-order valence-corrected chi connectivity index (χ4v) is 2.67. The van der Waals surface area contributed by atoms with Crippen LogP contribution in [0.15, 0.2) is 18.2 Å². The first-order chi connectivity index (χ1) is 11.2. The minimum atomic E-state index is 0.649. The van der Waals surface area contributed by atoms with E-state index in [4.69, 9.17) is 26.4 Å². The SMILES string of the molecule is COc1ccc(CNC(=S)NCC[NH+]2CCOCC2)cc1OC. The van der Waals surface area contributed by atoms with Crippen molar-refractivity contribution in [2.24, 2.45) is 0 Å². The molecule has 0 spiro atoms. The molecule has 0 saturated carbocycles. The lowest BCUT2D eigenvalue weighted by Gasteiger charge is -2.24. The van der Waals surface area contributed by atoms with Crippen LogP contribution in [-0.2, 0) is 11.3 Å². The van der Waals surface area contributed by atoms with Gasteiger partial charge in [-0.2, -0.15) is 0 Å². The molecule has 0 aromatic heterocycles. The largest absolute Gasteiger partial charge is 0.493 e. The number of hydrogen-bond acceptors (Lipinski definition) is 4. The van der Waals surface area contributed by atoms with Crippen molar-refractivity contribution in [1.29, 1.82) is 0 Å². The molecule has 1 saturated heterocycles. The van der Waals surface area contributed by atoms with Crippen molar-refractivity contribution >= 4 is 17.3 Å². The van der Waals surface area contributed by atoms with Crippen LogP contribution in [-0.4, -0.2) is 58.7 Å². The standard InChI is InChI=1S/C16H25N3O3S/c1-20-14-4-3-13(11-15(14)21-2)12-18-16(23)17-5-6-19-7-9-22-10-8-19/h3-4,11H,5-10,12H2,1-2H3,(H2,17,18,23)/p+1. The van der Waals surface area contributed by atoms with Gasteiger partial charge in [0.25, 0.3) is 0 Å². The molecule has 0 unspecified atom stereocenters. The topological polar surface area (TPSA) is 56.2 Å². The van der Waals surface area contributed by atoms with Gasteiger partial charge in [-0.05, 0) is 29.9 Å². The smallest absolute Gasteiger partial charge is 0.166 e. The third-order valence-corrected chi connectivity index (χ3v) is 4.15. The van der Waals surface area contributed by atoms with Crippen molar-refractivity contribution in [3.8, 4) is 11.5 Å². The van der Waals surface area contributed by atoms with Crippen molar-refractivity contribution < 1.29 is 19.1 Å². The molecule has 0 atom stereocenters. The summed E-state index contributed by atoms with van der Waals surface area (Å²) in [5.74, 6) is 1.45. The Balaban J connectivity index is 1.69. The maximum Gasteiger partial charge on any atom is 0.166 e. The fourth-order valence-electron chi connectivity index (χ4n) is 2.50. The number of methoxy groups -OCH3 is 2. The first-order valence-electron chi connectivity index (χ1n) is 7.87. The highest BCUT2D eigenvalue weighted by Gasteiger charge is 2.12. The zero-order valence-corrected chi connectivity index (χ0v) is 14.6. The maximum atomic E-state index is 5.35.